The standard InChI is InChI=1S/C25H21ClN2O3/c1-17-4-3-5-22(12-17)28-25(29)20(15-27)13-19-8-11-23(24(14-19)30-2)31-16-18-6-9-21(26)10-7-18/h3-14H,16H2,1-2H3,(H,28,29)/b20-13-. The molecule has 3 rings (SSSR count). The number of carbonyl (C=O) groups is 1. The molecule has 3 aromatic carbocycles. The molecule has 6 heteroatoms. The van der Waals surface area contributed by atoms with Crippen molar-refractivity contribution in [3.8, 4) is 17.6 Å². The summed E-state index contributed by atoms with van der Waals surface area (Å²) in [7, 11) is 1.54. The lowest BCUT2D eigenvalue weighted by Gasteiger charge is -2.12. The van der Waals surface area contributed by atoms with Crippen LogP contribution in [0.25, 0.3) is 6.08 Å². The minimum Gasteiger partial charge on any atom is -0.493 e. The van der Waals surface area contributed by atoms with Crippen LogP contribution in [-0.4, -0.2) is 13.0 Å². The normalized spacial score (nSPS) is 10.8. The second-order valence-corrected chi connectivity index (χ2v) is 7.26. The molecule has 0 aromatic heterocycles. The summed E-state index contributed by atoms with van der Waals surface area (Å²) in [5.41, 5.74) is 3.24. The number of methoxy groups -OCH3 is 1. The fourth-order valence-corrected chi connectivity index (χ4v) is 3.00. The van der Waals surface area contributed by atoms with Gasteiger partial charge in [-0.25, -0.2) is 0 Å². The van der Waals surface area contributed by atoms with Crippen LogP contribution in [0.3, 0.4) is 0 Å². The Labute approximate surface area is 186 Å². The molecule has 0 atom stereocenters. The van der Waals surface area contributed by atoms with E-state index in [4.69, 9.17) is 21.1 Å². The molecule has 1 N–H and O–H groups in total. The van der Waals surface area contributed by atoms with Crippen LogP contribution in [0.15, 0.2) is 72.3 Å². The highest BCUT2D eigenvalue weighted by Gasteiger charge is 2.11. The Hall–Kier alpha value is -3.75. The molecule has 0 aliphatic heterocycles. The fourth-order valence-electron chi connectivity index (χ4n) is 2.87. The van der Waals surface area contributed by atoms with Gasteiger partial charge >= 0.3 is 0 Å². The number of nitrogens with one attached hydrogen (secondary N) is 1. The lowest BCUT2D eigenvalue weighted by Crippen LogP contribution is -2.13. The summed E-state index contributed by atoms with van der Waals surface area (Å²) in [4.78, 5) is 12.5. The number of anilines is 1. The van der Waals surface area contributed by atoms with Crippen molar-refractivity contribution in [3.63, 3.8) is 0 Å². The number of hydrogen-bond acceptors (Lipinski definition) is 4. The Morgan fingerprint density at radius 2 is 1.87 bits per heavy atom. The van der Waals surface area contributed by atoms with Crippen molar-refractivity contribution >= 4 is 29.3 Å². The predicted octanol–water partition coefficient (Wildman–Crippen LogP) is 5.78. The average molecular weight is 433 g/mol. The minimum atomic E-state index is -0.477. The summed E-state index contributed by atoms with van der Waals surface area (Å²) < 4.78 is 11.3. The van der Waals surface area contributed by atoms with E-state index < -0.39 is 5.91 Å². The van der Waals surface area contributed by atoms with Gasteiger partial charge in [-0.1, -0.05) is 41.9 Å². The Balaban J connectivity index is 1.74. The van der Waals surface area contributed by atoms with Gasteiger partial charge in [-0.05, 0) is 66.1 Å². The van der Waals surface area contributed by atoms with Crippen molar-refractivity contribution < 1.29 is 14.3 Å². The third kappa shape index (κ3) is 6.11. The van der Waals surface area contributed by atoms with Gasteiger partial charge in [0.2, 0.25) is 0 Å². The van der Waals surface area contributed by atoms with Crippen LogP contribution in [0.1, 0.15) is 16.7 Å². The van der Waals surface area contributed by atoms with Crippen molar-refractivity contribution in [2.75, 3.05) is 12.4 Å². The number of amides is 1. The predicted molar refractivity (Wildman–Crippen MR) is 122 cm³/mol. The van der Waals surface area contributed by atoms with Crippen LogP contribution in [-0.2, 0) is 11.4 Å². The van der Waals surface area contributed by atoms with Crippen LogP contribution in [0.5, 0.6) is 11.5 Å². The molecule has 0 unspecified atom stereocenters. The van der Waals surface area contributed by atoms with Crippen molar-refractivity contribution in [1.82, 2.24) is 0 Å². The summed E-state index contributed by atoms with van der Waals surface area (Å²) >= 11 is 5.90. The molecule has 0 saturated heterocycles. The first kappa shape index (κ1) is 21.9. The fraction of sp³-hybridized carbons (Fsp3) is 0.120. The van der Waals surface area contributed by atoms with Crippen LogP contribution in [0, 0.1) is 18.3 Å². The smallest absolute Gasteiger partial charge is 0.266 e. The van der Waals surface area contributed by atoms with E-state index in [0.29, 0.717) is 34.4 Å². The summed E-state index contributed by atoms with van der Waals surface area (Å²) in [6.07, 6.45) is 1.51. The first-order valence-electron chi connectivity index (χ1n) is 9.53. The highest BCUT2D eigenvalue weighted by molar-refractivity contribution is 6.30. The molecule has 0 radical (unpaired) electrons. The van der Waals surface area contributed by atoms with Crippen molar-refractivity contribution in [1.29, 1.82) is 5.26 Å². The molecule has 0 saturated carbocycles. The average Bonchev–Trinajstić information content (AvgIpc) is 2.77. The number of nitrogens with zero attached hydrogens (tertiary/aromatic N) is 1. The van der Waals surface area contributed by atoms with E-state index in [1.807, 2.05) is 43.3 Å². The lowest BCUT2D eigenvalue weighted by atomic mass is 10.1. The maximum atomic E-state index is 12.5. The summed E-state index contributed by atoms with van der Waals surface area (Å²) in [6.45, 7) is 2.28. The summed E-state index contributed by atoms with van der Waals surface area (Å²) in [5.74, 6) is 0.576. The number of aryl methyl sites for hydroxylation is 1. The van der Waals surface area contributed by atoms with Crippen LogP contribution >= 0.6 is 11.6 Å². The van der Waals surface area contributed by atoms with E-state index >= 15 is 0 Å². The number of nitriles is 1. The SMILES string of the molecule is COc1cc(/C=C(/C#N)C(=O)Nc2cccc(C)c2)ccc1OCc1ccc(Cl)cc1. The van der Waals surface area contributed by atoms with Gasteiger partial charge in [0.15, 0.2) is 11.5 Å². The second kappa shape index (κ2) is 10.3. The van der Waals surface area contributed by atoms with E-state index in [1.54, 1.807) is 36.4 Å². The molecular weight excluding hydrogens is 412 g/mol. The molecule has 156 valence electrons. The van der Waals surface area contributed by atoms with Gasteiger partial charge in [-0.3, -0.25) is 4.79 Å². The number of ether oxygens (including phenoxy) is 2. The largest absolute Gasteiger partial charge is 0.493 e. The molecule has 0 bridgehead atoms. The number of rotatable bonds is 7. The Bertz CT molecular complexity index is 1150. The molecule has 0 heterocycles. The van der Waals surface area contributed by atoms with Crippen molar-refractivity contribution in [2.24, 2.45) is 0 Å². The first-order chi connectivity index (χ1) is 15.0. The summed E-state index contributed by atoms with van der Waals surface area (Å²) in [5, 5.41) is 12.9. The van der Waals surface area contributed by atoms with Gasteiger partial charge in [0, 0.05) is 10.7 Å². The number of benzene rings is 3. The molecule has 0 spiro atoms. The van der Waals surface area contributed by atoms with E-state index in [2.05, 4.69) is 5.32 Å². The van der Waals surface area contributed by atoms with Crippen LogP contribution < -0.4 is 14.8 Å². The number of halogens is 1. The molecule has 1 amide bonds. The monoisotopic (exact) mass is 432 g/mol. The molecule has 5 nitrogen and oxygen atoms in total. The molecule has 0 aliphatic carbocycles. The van der Waals surface area contributed by atoms with Gasteiger partial charge in [0.25, 0.3) is 5.91 Å². The van der Waals surface area contributed by atoms with Crippen LogP contribution in [0.2, 0.25) is 5.02 Å². The zero-order valence-corrected chi connectivity index (χ0v) is 17.9. The zero-order valence-electron chi connectivity index (χ0n) is 17.2. The van der Waals surface area contributed by atoms with Gasteiger partial charge in [0.05, 0.1) is 7.11 Å². The minimum absolute atomic E-state index is 0.0154. The molecule has 3 aromatic rings. The van der Waals surface area contributed by atoms with Crippen LogP contribution in [0.4, 0.5) is 5.69 Å². The third-order valence-corrected chi connectivity index (χ3v) is 4.70. The topological polar surface area (TPSA) is 71.3 Å². The third-order valence-electron chi connectivity index (χ3n) is 4.45. The highest BCUT2D eigenvalue weighted by Crippen LogP contribution is 2.30. The molecule has 0 aliphatic rings. The van der Waals surface area contributed by atoms with Gasteiger partial charge in [-0.2, -0.15) is 5.26 Å². The van der Waals surface area contributed by atoms with Gasteiger partial charge < -0.3 is 14.8 Å². The van der Waals surface area contributed by atoms with Crippen molar-refractivity contribution in [3.05, 3.63) is 94.0 Å². The quantitative estimate of drug-likeness (QED) is 0.379. The van der Waals surface area contributed by atoms with Crippen molar-refractivity contribution in [2.45, 2.75) is 13.5 Å². The maximum absolute atomic E-state index is 12.5. The highest BCUT2D eigenvalue weighted by atomic mass is 35.5. The van der Waals surface area contributed by atoms with E-state index in [-0.39, 0.29) is 5.57 Å². The number of carbonyl (C=O) groups excluding carboxylic acids is 1. The maximum Gasteiger partial charge on any atom is 0.266 e. The summed E-state index contributed by atoms with van der Waals surface area (Å²) in [6, 6.07) is 21.9. The zero-order chi connectivity index (χ0) is 22.2. The Morgan fingerprint density at radius 3 is 2.55 bits per heavy atom. The van der Waals surface area contributed by atoms with E-state index in [0.717, 1.165) is 11.1 Å². The lowest BCUT2D eigenvalue weighted by molar-refractivity contribution is -0.112. The Morgan fingerprint density at radius 1 is 1.10 bits per heavy atom. The van der Waals surface area contributed by atoms with Gasteiger partial charge in [0.1, 0.15) is 18.2 Å². The molecule has 0 fully saturated rings. The van der Waals surface area contributed by atoms with E-state index in [9.17, 15) is 10.1 Å². The molecule has 31 heavy (non-hydrogen) atoms. The Kier molecular flexibility index (Phi) is 7.31. The van der Waals surface area contributed by atoms with Gasteiger partial charge in [-0.15, -0.1) is 0 Å². The molecular formula is C25H21ClN2O3. The number of hydrogen-bond donors (Lipinski definition) is 1. The van der Waals surface area contributed by atoms with E-state index in [1.165, 1.54) is 13.2 Å². The second-order valence-electron chi connectivity index (χ2n) is 6.82. The first-order valence-corrected chi connectivity index (χ1v) is 9.91.